The number of nitrogens with zero attached hydrogens (tertiary/aromatic N) is 1. The van der Waals surface area contributed by atoms with Crippen LogP contribution in [0, 0.1) is 11.3 Å². The highest BCUT2D eigenvalue weighted by Gasteiger charge is 2.41. The number of amides is 1. The molecule has 4 aliphatic rings. The lowest BCUT2D eigenvalue weighted by atomic mass is 9.78. The molecule has 1 N–H and O–H groups in total. The minimum absolute atomic E-state index is 0.000188. The van der Waals surface area contributed by atoms with Crippen molar-refractivity contribution in [3.05, 3.63) is 66.2 Å². The predicted octanol–water partition coefficient (Wildman–Crippen LogP) is 5.79. The molecule has 4 heterocycles. The van der Waals surface area contributed by atoms with Crippen molar-refractivity contribution in [2.75, 3.05) is 26.2 Å². The number of benzene rings is 3. The Morgan fingerprint density at radius 2 is 1.74 bits per heavy atom. The Morgan fingerprint density at radius 1 is 1.00 bits per heavy atom. The van der Waals surface area contributed by atoms with E-state index in [-0.39, 0.29) is 23.7 Å². The van der Waals surface area contributed by atoms with Gasteiger partial charge in [-0.25, -0.2) is 4.79 Å². The van der Waals surface area contributed by atoms with Crippen molar-refractivity contribution in [3.63, 3.8) is 0 Å². The van der Waals surface area contributed by atoms with E-state index in [9.17, 15) is 4.79 Å². The minimum Gasteiger partial charge on any atom is -0.493 e. The van der Waals surface area contributed by atoms with Gasteiger partial charge in [-0.15, -0.1) is 0 Å². The smallest absolute Gasteiger partial charge is 0.407 e. The zero-order valence-corrected chi connectivity index (χ0v) is 19.9. The van der Waals surface area contributed by atoms with E-state index >= 15 is 0 Å². The highest BCUT2D eigenvalue weighted by molar-refractivity contribution is 5.87. The van der Waals surface area contributed by atoms with Gasteiger partial charge < -0.3 is 14.8 Å². The van der Waals surface area contributed by atoms with E-state index in [0.717, 1.165) is 54.9 Å². The van der Waals surface area contributed by atoms with Crippen molar-refractivity contribution < 1.29 is 14.3 Å². The number of fused-ring (bicyclic) bond motifs is 5. The summed E-state index contributed by atoms with van der Waals surface area (Å²) in [4.78, 5) is 15.4. The number of nitrogens with one attached hydrogen (secondary N) is 1. The number of piperidine rings is 3. The number of ether oxygens (including phenoxy) is 2. The first-order chi connectivity index (χ1) is 16.5. The summed E-state index contributed by atoms with van der Waals surface area (Å²) < 4.78 is 12.1. The summed E-state index contributed by atoms with van der Waals surface area (Å²) in [5.74, 6) is 1.33. The van der Waals surface area contributed by atoms with Crippen LogP contribution in [0.15, 0.2) is 60.7 Å². The molecule has 3 saturated heterocycles. The normalized spacial score (nSPS) is 27.0. The molecule has 1 unspecified atom stereocenters. The molecule has 4 aliphatic heterocycles. The summed E-state index contributed by atoms with van der Waals surface area (Å²) in [7, 11) is 0. The first kappa shape index (κ1) is 21.5. The Labute approximate surface area is 201 Å². The first-order valence-electron chi connectivity index (χ1n) is 12.4. The fourth-order valence-electron chi connectivity index (χ4n) is 5.82. The van der Waals surface area contributed by atoms with Crippen LogP contribution >= 0.6 is 0 Å². The number of alkyl carbamates (subject to hydrolysis) is 1. The highest BCUT2D eigenvalue weighted by atomic mass is 16.6. The van der Waals surface area contributed by atoms with Crippen molar-refractivity contribution in [2.24, 2.45) is 11.3 Å². The van der Waals surface area contributed by atoms with Crippen LogP contribution in [0.4, 0.5) is 4.79 Å². The summed E-state index contributed by atoms with van der Waals surface area (Å²) in [5, 5.41) is 5.64. The van der Waals surface area contributed by atoms with Gasteiger partial charge in [-0.05, 0) is 65.9 Å². The van der Waals surface area contributed by atoms with Gasteiger partial charge in [0.2, 0.25) is 0 Å². The molecule has 0 aromatic heterocycles. The molecule has 0 aliphatic carbocycles. The van der Waals surface area contributed by atoms with Crippen LogP contribution in [0.1, 0.15) is 38.3 Å². The van der Waals surface area contributed by atoms with Crippen LogP contribution in [-0.4, -0.2) is 43.3 Å². The Morgan fingerprint density at radius 3 is 2.50 bits per heavy atom. The van der Waals surface area contributed by atoms with E-state index in [2.05, 4.69) is 84.7 Å². The zero-order chi connectivity index (χ0) is 23.3. The molecule has 3 aromatic rings. The molecule has 176 valence electrons. The van der Waals surface area contributed by atoms with Gasteiger partial charge in [0.25, 0.3) is 0 Å². The average Bonchev–Trinajstić information content (AvgIpc) is 2.86. The fraction of sp³-hybridized carbons (Fsp3) is 0.414. The Kier molecular flexibility index (Phi) is 5.25. The highest BCUT2D eigenvalue weighted by Crippen LogP contribution is 2.44. The van der Waals surface area contributed by atoms with E-state index in [1.165, 1.54) is 10.8 Å². The van der Waals surface area contributed by atoms with Crippen LogP contribution in [-0.2, 0) is 4.74 Å². The lowest BCUT2D eigenvalue weighted by molar-refractivity contribution is -0.0361. The predicted molar refractivity (Wildman–Crippen MR) is 134 cm³/mol. The van der Waals surface area contributed by atoms with Gasteiger partial charge in [0.1, 0.15) is 11.9 Å². The topological polar surface area (TPSA) is 50.8 Å². The molecule has 0 spiro atoms. The third-order valence-electron chi connectivity index (χ3n) is 7.91. The molecule has 3 aromatic carbocycles. The molecule has 5 nitrogen and oxygen atoms in total. The van der Waals surface area contributed by atoms with E-state index in [1.54, 1.807) is 0 Å². The first-order valence-corrected chi connectivity index (χ1v) is 12.4. The second-order valence-corrected chi connectivity index (χ2v) is 10.8. The molecule has 3 fully saturated rings. The molecule has 1 amide bonds. The SMILES string of the molecule is CC1(C)COc2cc(-c3ccc4ccccc4c3)ccc2C1NC(=O)O[C@H]1CN2CCC1CC2. The van der Waals surface area contributed by atoms with Gasteiger partial charge in [0.15, 0.2) is 0 Å². The summed E-state index contributed by atoms with van der Waals surface area (Å²) in [6.45, 7) is 7.92. The maximum Gasteiger partial charge on any atom is 0.407 e. The van der Waals surface area contributed by atoms with Crippen LogP contribution in [0.3, 0.4) is 0 Å². The van der Waals surface area contributed by atoms with Crippen molar-refractivity contribution in [2.45, 2.75) is 38.8 Å². The van der Waals surface area contributed by atoms with E-state index in [1.807, 2.05) is 0 Å². The van der Waals surface area contributed by atoms with Crippen molar-refractivity contribution in [1.29, 1.82) is 0 Å². The van der Waals surface area contributed by atoms with Crippen LogP contribution in [0.25, 0.3) is 21.9 Å². The van der Waals surface area contributed by atoms with Gasteiger partial charge in [0.05, 0.1) is 12.6 Å². The number of rotatable bonds is 3. The van der Waals surface area contributed by atoms with E-state index < -0.39 is 0 Å². The standard InChI is InChI=1S/C29H32N2O3/c1-29(2)18-33-25-16-23(22-8-7-19-5-3-4-6-21(19)15-22)9-10-24(25)27(29)30-28(32)34-26-17-31-13-11-20(26)12-14-31/h3-10,15-16,20,26-27H,11-14,17-18H2,1-2H3,(H,30,32)/t26-,27?/m0/s1. The molecule has 2 bridgehead atoms. The Bertz CT molecular complexity index is 1230. The molecular weight excluding hydrogens is 424 g/mol. The van der Waals surface area contributed by atoms with Crippen LogP contribution in [0.2, 0.25) is 0 Å². The summed E-state index contributed by atoms with van der Waals surface area (Å²) >= 11 is 0. The van der Waals surface area contributed by atoms with Crippen molar-refractivity contribution >= 4 is 16.9 Å². The number of carbonyl (C=O) groups is 1. The lowest BCUT2D eigenvalue weighted by Crippen LogP contribution is -2.53. The second kappa shape index (κ2) is 8.31. The number of hydrogen-bond donors (Lipinski definition) is 1. The maximum absolute atomic E-state index is 13.0. The van der Waals surface area contributed by atoms with Gasteiger partial charge in [-0.2, -0.15) is 0 Å². The lowest BCUT2D eigenvalue weighted by Gasteiger charge is -2.44. The van der Waals surface area contributed by atoms with Gasteiger partial charge >= 0.3 is 6.09 Å². The van der Waals surface area contributed by atoms with Crippen LogP contribution in [0.5, 0.6) is 5.75 Å². The van der Waals surface area contributed by atoms with E-state index in [4.69, 9.17) is 9.47 Å². The molecular formula is C29H32N2O3. The fourth-order valence-corrected chi connectivity index (χ4v) is 5.82. The molecule has 2 atom stereocenters. The molecule has 0 radical (unpaired) electrons. The molecule has 5 heteroatoms. The quantitative estimate of drug-likeness (QED) is 0.542. The number of hydrogen-bond acceptors (Lipinski definition) is 4. The summed E-state index contributed by atoms with van der Waals surface area (Å²) in [5.41, 5.74) is 3.02. The van der Waals surface area contributed by atoms with Gasteiger partial charge in [-0.1, -0.05) is 62.4 Å². The van der Waals surface area contributed by atoms with Gasteiger partial charge in [-0.3, -0.25) is 4.90 Å². The van der Waals surface area contributed by atoms with Crippen molar-refractivity contribution in [3.8, 4) is 16.9 Å². The zero-order valence-electron chi connectivity index (χ0n) is 19.9. The molecule has 34 heavy (non-hydrogen) atoms. The largest absolute Gasteiger partial charge is 0.493 e. The molecule has 7 rings (SSSR count). The minimum atomic E-state index is -0.316. The average molecular weight is 457 g/mol. The third kappa shape index (κ3) is 3.92. The summed E-state index contributed by atoms with van der Waals surface area (Å²) in [6, 6.07) is 21.1. The van der Waals surface area contributed by atoms with Crippen LogP contribution < -0.4 is 10.1 Å². The molecule has 0 saturated carbocycles. The summed E-state index contributed by atoms with van der Waals surface area (Å²) in [6.07, 6.45) is 1.94. The van der Waals surface area contributed by atoms with Gasteiger partial charge in [0, 0.05) is 17.5 Å². The second-order valence-electron chi connectivity index (χ2n) is 10.8. The monoisotopic (exact) mass is 456 g/mol. The maximum atomic E-state index is 13.0. The van der Waals surface area contributed by atoms with E-state index in [0.29, 0.717) is 12.5 Å². The third-order valence-corrected chi connectivity index (χ3v) is 7.91. The number of carbonyl (C=O) groups excluding carboxylic acids is 1. The Balaban J connectivity index is 1.24. The van der Waals surface area contributed by atoms with Crippen molar-refractivity contribution in [1.82, 2.24) is 10.2 Å². The Hall–Kier alpha value is -3.05.